The Bertz CT molecular complexity index is 1120. The lowest BCUT2D eigenvalue weighted by molar-refractivity contribution is -0.384. The Labute approximate surface area is 212 Å². The van der Waals surface area contributed by atoms with Gasteiger partial charge in [-0.25, -0.2) is 5.43 Å². The average Bonchev–Trinajstić information content (AvgIpc) is 2.75. The summed E-state index contributed by atoms with van der Waals surface area (Å²) >= 11 is 4.37. The van der Waals surface area contributed by atoms with Gasteiger partial charge in [0.25, 0.3) is 5.69 Å². The van der Waals surface area contributed by atoms with Crippen LogP contribution in [0.25, 0.3) is 0 Å². The predicted molar refractivity (Wildman–Crippen MR) is 140 cm³/mol. The molecule has 1 amide bonds. The summed E-state index contributed by atoms with van der Waals surface area (Å²) in [6.45, 7) is 2.30. The molecular formula is C23H19I2N3O4. The molecule has 1 N–H and O–H groups in total. The fraction of sp³-hybridized carbons (Fsp3) is 0.130. The highest BCUT2D eigenvalue weighted by Gasteiger charge is 2.10. The molecule has 0 saturated heterocycles. The van der Waals surface area contributed by atoms with Crippen molar-refractivity contribution in [1.29, 1.82) is 0 Å². The summed E-state index contributed by atoms with van der Waals surface area (Å²) in [5.74, 6) is 0.544. The maximum atomic E-state index is 12.1. The Kier molecular flexibility index (Phi) is 8.56. The second kappa shape index (κ2) is 11.4. The highest BCUT2D eigenvalue weighted by Crippen LogP contribution is 2.29. The van der Waals surface area contributed by atoms with Crippen molar-refractivity contribution in [2.24, 2.45) is 5.10 Å². The van der Waals surface area contributed by atoms with E-state index in [1.165, 1.54) is 12.1 Å². The molecule has 0 bridgehead atoms. The van der Waals surface area contributed by atoms with Crippen molar-refractivity contribution in [3.8, 4) is 5.75 Å². The molecule has 0 heterocycles. The molecule has 32 heavy (non-hydrogen) atoms. The molecule has 0 aliphatic rings. The SMILES string of the molecule is Cc1ccc(CC(=O)N/N=C/c2cc(I)c(OCc3ccc([N+](=O)[O-])cc3)c(I)c2)cc1. The zero-order chi connectivity index (χ0) is 23.1. The highest BCUT2D eigenvalue weighted by molar-refractivity contribution is 14.1. The van der Waals surface area contributed by atoms with Crippen LogP contribution >= 0.6 is 45.2 Å². The largest absolute Gasteiger partial charge is 0.487 e. The summed E-state index contributed by atoms with van der Waals surface area (Å²) in [5, 5.41) is 14.8. The van der Waals surface area contributed by atoms with E-state index in [0.29, 0.717) is 6.61 Å². The molecule has 3 rings (SSSR count). The molecule has 0 aromatic heterocycles. The van der Waals surface area contributed by atoms with Crippen molar-refractivity contribution >= 4 is 63.0 Å². The van der Waals surface area contributed by atoms with Crippen LogP contribution in [0.1, 0.15) is 22.3 Å². The van der Waals surface area contributed by atoms with E-state index in [0.717, 1.165) is 35.1 Å². The Morgan fingerprint density at radius 3 is 2.25 bits per heavy atom. The Morgan fingerprint density at radius 2 is 1.66 bits per heavy atom. The number of aryl methyl sites for hydroxylation is 1. The van der Waals surface area contributed by atoms with E-state index in [-0.39, 0.29) is 18.0 Å². The number of carbonyl (C=O) groups excluding carboxylic acids is 1. The van der Waals surface area contributed by atoms with Crippen molar-refractivity contribution in [3.05, 3.63) is 100 Å². The van der Waals surface area contributed by atoms with E-state index in [9.17, 15) is 14.9 Å². The first kappa shape index (κ1) is 24.1. The zero-order valence-corrected chi connectivity index (χ0v) is 21.4. The fourth-order valence-corrected chi connectivity index (χ4v) is 4.90. The lowest BCUT2D eigenvalue weighted by atomic mass is 10.1. The molecule has 0 fully saturated rings. The molecule has 7 nitrogen and oxygen atoms in total. The standard InChI is InChI=1S/C23H19I2N3O4/c1-15-2-4-16(5-3-15)12-22(29)27-26-13-18-10-20(24)23(21(25)11-18)32-14-17-6-8-19(9-7-17)28(30)31/h2-11,13H,12,14H2,1H3,(H,27,29)/b26-13+. The van der Waals surface area contributed by atoms with Gasteiger partial charge < -0.3 is 4.74 Å². The Hall–Kier alpha value is -2.54. The number of halogens is 2. The fourth-order valence-electron chi connectivity index (χ4n) is 2.77. The van der Waals surface area contributed by atoms with Crippen LogP contribution in [0.4, 0.5) is 5.69 Å². The van der Waals surface area contributed by atoms with E-state index >= 15 is 0 Å². The minimum absolute atomic E-state index is 0.0486. The molecule has 9 heteroatoms. The number of hydrogen-bond donors (Lipinski definition) is 1. The number of non-ortho nitro benzene ring substituents is 1. The number of nitro benzene ring substituents is 1. The molecule has 0 spiro atoms. The number of hydrogen-bond acceptors (Lipinski definition) is 5. The first-order valence-electron chi connectivity index (χ1n) is 9.54. The Morgan fingerprint density at radius 1 is 1.06 bits per heavy atom. The number of amides is 1. The van der Waals surface area contributed by atoms with Crippen LogP contribution < -0.4 is 10.2 Å². The van der Waals surface area contributed by atoms with Gasteiger partial charge in [-0.05, 0) is 93.1 Å². The van der Waals surface area contributed by atoms with Crippen LogP contribution in [0.15, 0.2) is 65.8 Å². The Balaban J connectivity index is 1.57. The number of nitrogens with one attached hydrogen (secondary N) is 1. The number of hydrazone groups is 1. The van der Waals surface area contributed by atoms with Crippen LogP contribution in [0.5, 0.6) is 5.75 Å². The second-order valence-corrected chi connectivity index (χ2v) is 9.31. The molecule has 164 valence electrons. The number of carbonyl (C=O) groups is 1. The van der Waals surface area contributed by atoms with Crippen molar-refractivity contribution in [2.75, 3.05) is 0 Å². The van der Waals surface area contributed by atoms with Gasteiger partial charge in [0.2, 0.25) is 5.91 Å². The summed E-state index contributed by atoms with van der Waals surface area (Å²) < 4.78 is 7.71. The third-order valence-corrected chi connectivity index (χ3v) is 6.04. The minimum atomic E-state index is -0.429. The molecule has 3 aromatic carbocycles. The summed E-state index contributed by atoms with van der Waals surface area (Å²) in [7, 11) is 0. The van der Waals surface area contributed by atoms with Crippen molar-refractivity contribution in [3.63, 3.8) is 0 Å². The average molecular weight is 655 g/mol. The summed E-state index contributed by atoms with van der Waals surface area (Å²) in [5.41, 5.74) is 6.35. The number of nitrogens with zero attached hydrogens (tertiary/aromatic N) is 2. The topological polar surface area (TPSA) is 93.8 Å². The van der Waals surface area contributed by atoms with Crippen LogP contribution in [0.3, 0.4) is 0 Å². The van der Waals surface area contributed by atoms with Crippen molar-refractivity contribution < 1.29 is 14.5 Å². The summed E-state index contributed by atoms with van der Waals surface area (Å²) in [4.78, 5) is 22.4. The van der Waals surface area contributed by atoms with E-state index < -0.39 is 4.92 Å². The molecule has 0 saturated carbocycles. The van der Waals surface area contributed by atoms with Crippen LogP contribution in [0.2, 0.25) is 0 Å². The van der Waals surface area contributed by atoms with Gasteiger partial charge in [-0.2, -0.15) is 5.10 Å². The van der Waals surface area contributed by atoms with Crippen molar-refractivity contribution in [1.82, 2.24) is 5.43 Å². The monoisotopic (exact) mass is 655 g/mol. The molecular weight excluding hydrogens is 636 g/mol. The normalized spacial score (nSPS) is 10.8. The molecule has 3 aromatic rings. The third-order valence-electron chi connectivity index (χ3n) is 4.44. The summed E-state index contributed by atoms with van der Waals surface area (Å²) in [6, 6.07) is 17.9. The lowest BCUT2D eigenvalue weighted by Gasteiger charge is -2.11. The predicted octanol–water partition coefficient (Wildman–Crippen LogP) is 5.38. The van der Waals surface area contributed by atoms with Gasteiger partial charge in [0.15, 0.2) is 0 Å². The summed E-state index contributed by atoms with van der Waals surface area (Å²) in [6.07, 6.45) is 1.86. The van der Waals surface area contributed by atoms with Crippen LogP contribution in [-0.4, -0.2) is 17.0 Å². The zero-order valence-electron chi connectivity index (χ0n) is 17.0. The molecule has 0 atom stereocenters. The van der Waals surface area contributed by atoms with Crippen molar-refractivity contribution in [2.45, 2.75) is 20.0 Å². The van der Waals surface area contributed by atoms with Gasteiger partial charge in [0, 0.05) is 12.1 Å². The quantitative estimate of drug-likeness (QED) is 0.153. The first-order chi connectivity index (χ1) is 15.3. The van der Waals surface area contributed by atoms with Gasteiger partial charge in [-0.3, -0.25) is 14.9 Å². The molecule has 0 aliphatic heterocycles. The number of nitro groups is 1. The maximum absolute atomic E-state index is 12.1. The molecule has 0 radical (unpaired) electrons. The second-order valence-electron chi connectivity index (χ2n) is 6.98. The molecule has 0 aliphatic carbocycles. The van der Waals surface area contributed by atoms with Crippen LogP contribution in [0, 0.1) is 24.2 Å². The third kappa shape index (κ3) is 6.99. The lowest BCUT2D eigenvalue weighted by Crippen LogP contribution is -2.19. The number of ether oxygens (including phenoxy) is 1. The van der Waals surface area contributed by atoms with Gasteiger partial charge in [0.05, 0.1) is 24.7 Å². The minimum Gasteiger partial charge on any atom is -0.487 e. The van der Waals surface area contributed by atoms with Gasteiger partial charge >= 0.3 is 0 Å². The first-order valence-corrected chi connectivity index (χ1v) is 11.7. The van der Waals surface area contributed by atoms with Crippen LogP contribution in [-0.2, 0) is 17.8 Å². The smallest absolute Gasteiger partial charge is 0.269 e. The van der Waals surface area contributed by atoms with Gasteiger partial charge in [0.1, 0.15) is 12.4 Å². The van der Waals surface area contributed by atoms with Gasteiger partial charge in [-0.1, -0.05) is 29.8 Å². The van der Waals surface area contributed by atoms with E-state index in [1.54, 1.807) is 18.3 Å². The number of rotatable bonds is 8. The van der Waals surface area contributed by atoms with Gasteiger partial charge in [-0.15, -0.1) is 0 Å². The highest BCUT2D eigenvalue weighted by atomic mass is 127. The van der Waals surface area contributed by atoms with E-state index in [2.05, 4.69) is 55.7 Å². The number of benzene rings is 3. The van der Waals surface area contributed by atoms with E-state index in [1.807, 2.05) is 43.3 Å². The maximum Gasteiger partial charge on any atom is 0.269 e. The molecule has 0 unspecified atom stereocenters. The van der Waals surface area contributed by atoms with E-state index in [4.69, 9.17) is 4.74 Å².